The molecule has 0 spiro atoms. The minimum absolute atomic E-state index is 0.0449. The lowest BCUT2D eigenvalue weighted by molar-refractivity contribution is 0.0509. The highest BCUT2D eigenvalue weighted by Gasteiger charge is 2.05. The molecule has 2 aromatic carbocycles. The third-order valence-electron chi connectivity index (χ3n) is 2.84. The van der Waals surface area contributed by atoms with Crippen molar-refractivity contribution in [3.8, 4) is 0 Å². The Hall–Kier alpha value is -2.13. The SMILES string of the molecule is O=C(OCCc1ccc(CO)cc1)c1ccccc1. The smallest absolute Gasteiger partial charge is 0.338 e. The van der Waals surface area contributed by atoms with Crippen LogP contribution in [0.3, 0.4) is 0 Å². The molecule has 2 rings (SSSR count). The largest absolute Gasteiger partial charge is 0.462 e. The van der Waals surface area contributed by atoms with Gasteiger partial charge in [0.2, 0.25) is 0 Å². The standard InChI is InChI=1S/C16H16O3/c17-12-14-8-6-13(7-9-14)10-11-19-16(18)15-4-2-1-3-5-15/h1-9,17H,10-12H2. The van der Waals surface area contributed by atoms with Gasteiger partial charge < -0.3 is 9.84 Å². The molecule has 3 heteroatoms. The minimum Gasteiger partial charge on any atom is -0.462 e. The maximum absolute atomic E-state index is 11.7. The summed E-state index contributed by atoms with van der Waals surface area (Å²) in [5.74, 6) is -0.299. The first kappa shape index (κ1) is 13.3. The van der Waals surface area contributed by atoms with E-state index in [1.165, 1.54) is 0 Å². The summed E-state index contributed by atoms with van der Waals surface area (Å²) >= 11 is 0. The normalized spacial score (nSPS) is 10.2. The lowest BCUT2D eigenvalue weighted by Crippen LogP contribution is -2.08. The Balaban J connectivity index is 1.81. The average molecular weight is 256 g/mol. The number of hydrogen-bond acceptors (Lipinski definition) is 3. The van der Waals surface area contributed by atoms with E-state index in [9.17, 15) is 4.79 Å². The number of benzene rings is 2. The van der Waals surface area contributed by atoms with Crippen molar-refractivity contribution in [1.82, 2.24) is 0 Å². The van der Waals surface area contributed by atoms with Crippen molar-refractivity contribution in [2.24, 2.45) is 0 Å². The number of hydrogen-bond donors (Lipinski definition) is 1. The van der Waals surface area contributed by atoms with Crippen molar-refractivity contribution in [3.05, 3.63) is 71.3 Å². The van der Waals surface area contributed by atoms with Gasteiger partial charge in [-0.1, -0.05) is 42.5 Å². The molecule has 0 amide bonds. The van der Waals surface area contributed by atoms with Crippen LogP contribution in [0.25, 0.3) is 0 Å². The van der Waals surface area contributed by atoms with E-state index in [4.69, 9.17) is 9.84 Å². The van der Waals surface area contributed by atoms with E-state index in [0.717, 1.165) is 11.1 Å². The van der Waals surface area contributed by atoms with Crippen molar-refractivity contribution in [3.63, 3.8) is 0 Å². The fourth-order valence-corrected chi connectivity index (χ4v) is 1.73. The average Bonchev–Trinajstić information content (AvgIpc) is 2.49. The van der Waals surface area contributed by atoms with E-state index < -0.39 is 0 Å². The van der Waals surface area contributed by atoms with Gasteiger partial charge in [0, 0.05) is 6.42 Å². The molecule has 0 radical (unpaired) electrons. The zero-order valence-corrected chi connectivity index (χ0v) is 10.6. The van der Waals surface area contributed by atoms with E-state index in [0.29, 0.717) is 18.6 Å². The highest BCUT2D eigenvalue weighted by atomic mass is 16.5. The van der Waals surface area contributed by atoms with Crippen LogP contribution in [-0.2, 0) is 17.8 Å². The summed E-state index contributed by atoms with van der Waals surface area (Å²) in [5, 5.41) is 8.93. The molecule has 98 valence electrons. The Morgan fingerprint density at radius 1 is 0.947 bits per heavy atom. The number of rotatable bonds is 5. The van der Waals surface area contributed by atoms with E-state index >= 15 is 0 Å². The van der Waals surface area contributed by atoms with Gasteiger partial charge in [-0.2, -0.15) is 0 Å². The molecule has 0 aliphatic rings. The molecule has 0 fully saturated rings. The Labute approximate surface area is 112 Å². The van der Waals surface area contributed by atoms with Gasteiger partial charge in [-0.25, -0.2) is 4.79 Å². The molecular formula is C16H16O3. The molecule has 0 aliphatic carbocycles. The second-order valence-electron chi connectivity index (χ2n) is 4.23. The van der Waals surface area contributed by atoms with Crippen LogP contribution in [-0.4, -0.2) is 17.7 Å². The second kappa shape index (κ2) is 6.71. The van der Waals surface area contributed by atoms with E-state index in [-0.39, 0.29) is 12.6 Å². The third-order valence-corrected chi connectivity index (χ3v) is 2.84. The van der Waals surface area contributed by atoms with Crippen molar-refractivity contribution in [2.75, 3.05) is 6.61 Å². The molecule has 1 N–H and O–H groups in total. The first-order valence-electron chi connectivity index (χ1n) is 6.20. The van der Waals surface area contributed by atoms with Gasteiger partial charge in [-0.05, 0) is 23.3 Å². The highest BCUT2D eigenvalue weighted by Crippen LogP contribution is 2.06. The molecule has 0 atom stereocenters. The van der Waals surface area contributed by atoms with Crippen LogP contribution in [0.4, 0.5) is 0 Å². The Bertz CT molecular complexity index is 517. The van der Waals surface area contributed by atoms with Gasteiger partial charge >= 0.3 is 5.97 Å². The van der Waals surface area contributed by atoms with Crippen LogP contribution in [0, 0.1) is 0 Å². The summed E-state index contributed by atoms with van der Waals surface area (Å²) in [6.45, 7) is 0.398. The summed E-state index contributed by atoms with van der Waals surface area (Å²) in [6, 6.07) is 16.6. The maximum Gasteiger partial charge on any atom is 0.338 e. The van der Waals surface area contributed by atoms with Gasteiger partial charge in [-0.15, -0.1) is 0 Å². The molecule has 0 aromatic heterocycles. The van der Waals surface area contributed by atoms with Crippen molar-refractivity contribution >= 4 is 5.97 Å². The van der Waals surface area contributed by atoms with Gasteiger partial charge in [0.1, 0.15) is 0 Å². The summed E-state index contributed by atoms with van der Waals surface area (Å²) in [4.78, 5) is 11.7. The Kier molecular flexibility index (Phi) is 4.70. The van der Waals surface area contributed by atoms with Gasteiger partial charge in [0.05, 0.1) is 18.8 Å². The molecule has 0 aliphatic heterocycles. The first-order valence-corrected chi connectivity index (χ1v) is 6.20. The highest BCUT2D eigenvalue weighted by molar-refractivity contribution is 5.89. The first-order chi connectivity index (χ1) is 9.29. The quantitative estimate of drug-likeness (QED) is 0.836. The predicted octanol–water partition coefficient (Wildman–Crippen LogP) is 2.58. The molecule has 0 heterocycles. The van der Waals surface area contributed by atoms with E-state index in [1.807, 2.05) is 42.5 Å². The molecule has 3 nitrogen and oxygen atoms in total. The molecule has 0 saturated heterocycles. The molecule has 2 aromatic rings. The van der Waals surface area contributed by atoms with Gasteiger partial charge in [0.25, 0.3) is 0 Å². The molecule has 19 heavy (non-hydrogen) atoms. The predicted molar refractivity (Wildman–Crippen MR) is 72.8 cm³/mol. The fourth-order valence-electron chi connectivity index (χ4n) is 1.73. The summed E-state index contributed by atoms with van der Waals surface area (Å²) in [5.41, 5.74) is 2.53. The molecular weight excluding hydrogens is 240 g/mol. The van der Waals surface area contributed by atoms with Gasteiger partial charge in [-0.3, -0.25) is 0 Å². The van der Waals surface area contributed by atoms with E-state index in [1.54, 1.807) is 12.1 Å². The zero-order chi connectivity index (χ0) is 13.5. The molecule has 0 saturated carbocycles. The summed E-state index contributed by atoms with van der Waals surface area (Å²) in [6.07, 6.45) is 0.671. The van der Waals surface area contributed by atoms with Crippen LogP contribution in [0.5, 0.6) is 0 Å². The third kappa shape index (κ3) is 3.93. The topological polar surface area (TPSA) is 46.5 Å². The second-order valence-corrected chi connectivity index (χ2v) is 4.23. The molecule has 0 bridgehead atoms. The summed E-state index contributed by atoms with van der Waals surface area (Å²) < 4.78 is 5.20. The van der Waals surface area contributed by atoms with Gasteiger partial charge in [0.15, 0.2) is 0 Å². The molecule has 0 unspecified atom stereocenters. The number of carbonyl (C=O) groups excluding carboxylic acids is 1. The minimum atomic E-state index is -0.299. The number of ether oxygens (including phenoxy) is 1. The summed E-state index contributed by atoms with van der Waals surface area (Å²) in [7, 11) is 0. The lowest BCUT2D eigenvalue weighted by atomic mass is 10.1. The van der Waals surface area contributed by atoms with E-state index in [2.05, 4.69) is 0 Å². The number of carbonyl (C=O) groups is 1. The van der Waals surface area contributed by atoms with Crippen LogP contribution in [0.15, 0.2) is 54.6 Å². The van der Waals surface area contributed by atoms with Crippen molar-refractivity contribution in [1.29, 1.82) is 0 Å². The van der Waals surface area contributed by atoms with Crippen molar-refractivity contribution in [2.45, 2.75) is 13.0 Å². The van der Waals surface area contributed by atoms with Crippen LogP contribution < -0.4 is 0 Å². The number of esters is 1. The Morgan fingerprint density at radius 3 is 2.21 bits per heavy atom. The zero-order valence-electron chi connectivity index (χ0n) is 10.6. The van der Waals surface area contributed by atoms with Crippen molar-refractivity contribution < 1.29 is 14.6 Å². The number of aliphatic hydroxyl groups is 1. The van der Waals surface area contributed by atoms with Crippen LogP contribution >= 0.6 is 0 Å². The lowest BCUT2D eigenvalue weighted by Gasteiger charge is -2.05. The fraction of sp³-hybridized carbons (Fsp3) is 0.188. The monoisotopic (exact) mass is 256 g/mol. The Morgan fingerprint density at radius 2 is 1.58 bits per heavy atom. The van der Waals surface area contributed by atoms with Crippen LogP contribution in [0.1, 0.15) is 21.5 Å². The number of aliphatic hydroxyl groups excluding tert-OH is 1. The maximum atomic E-state index is 11.7. The van der Waals surface area contributed by atoms with Crippen LogP contribution in [0.2, 0.25) is 0 Å².